The monoisotopic (exact) mass is 249 g/mol. The van der Waals surface area contributed by atoms with Gasteiger partial charge in [0.25, 0.3) is 0 Å². The lowest BCUT2D eigenvalue weighted by atomic mass is 10.1. The van der Waals surface area contributed by atoms with Gasteiger partial charge in [-0.05, 0) is 26.0 Å². The summed E-state index contributed by atoms with van der Waals surface area (Å²) in [6.07, 6.45) is 7.98. The SMILES string of the molecule is CC=CC=CC(=O)NC(C)CC(O)c1ccco1. The van der Waals surface area contributed by atoms with Crippen LogP contribution in [0.15, 0.2) is 47.1 Å². The first-order valence-electron chi connectivity index (χ1n) is 5.94. The topological polar surface area (TPSA) is 62.5 Å². The standard InChI is InChI=1S/C14H19NO3/c1-3-4-5-8-14(17)15-11(2)10-12(16)13-7-6-9-18-13/h3-9,11-12,16H,10H2,1-2H3,(H,15,17). The van der Waals surface area contributed by atoms with Crippen LogP contribution in [0.1, 0.15) is 32.1 Å². The molecule has 2 N–H and O–H groups in total. The van der Waals surface area contributed by atoms with Gasteiger partial charge in [0.15, 0.2) is 0 Å². The summed E-state index contributed by atoms with van der Waals surface area (Å²) in [6.45, 7) is 3.72. The van der Waals surface area contributed by atoms with Crippen LogP contribution in [0.5, 0.6) is 0 Å². The molecule has 18 heavy (non-hydrogen) atoms. The highest BCUT2D eigenvalue weighted by Crippen LogP contribution is 2.18. The zero-order chi connectivity index (χ0) is 13.4. The largest absolute Gasteiger partial charge is 0.467 e. The molecule has 1 heterocycles. The molecule has 98 valence electrons. The molecule has 4 heteroatoms. The number of amides is 1. The van der Waals surface area contributed by atoms with Crippen molar-refractivity contribution >= 4 is 5.91 Å². The summed E-state index contributed by atoms with van der Waals surface area (Å²) in [4.78, 5) is 11.5. The van der Waals surface area contributed by atoms with E-state index in [-0.39, 0.29) is 11.9 Å². The molecule has 0 saturated carbocycles. The van der Waals surface area contributed by atoms with E-state index in [1.54, 1.807) is 24.3 Å². The van der Waals surface area contributed by atoms with Crippen LogP contribution in [-0.4, -0.2) is 17.1 Å². The van der Waals surface area contributed by atoms with Gasteiger partial charge in [-0.15, -0.1) is 0 Å². The smallest absolute Gasteiger partial charge is 0.244 e. The van der Waals surface area contributed by atoms with Crippen molar-refractivity contribution in [3.05, 3.63) is 48.5 Å². The molecule has 2 unspecified atom stereocenters. The van der Waals surface area contributed by atoms with Gasteiger partial charge in [-0.25, -0.2) is 0 Å². The first-order chi connectivity index (χ1) is 8.63. The maximum Gasteiger partial charge on any atom is 0.244 e. The van der Waals surface area contributed by atoms with E-state index in [9.17, 15) is 9.90 Å². The molecule has 2 atom stereocenters. The Labute approximate surface area is 107 Å². The molecule has 1 aromatic rings. The molecule has 0 bridgehead atoms. The Bertz CT molecular complexity index is 407. The number of aliphatic hydroxyl groups excluding tert-OH is 1. The number of allylic oxidation sites excluding steroid dienone is 3. The molecule has 0 spiro atoms. The van der Waals surface area contributed by atoms with E-state index in [4.69, 9.17) is 4.42 Å². The number of aliphatic hydroxyl groups is 1. The van der Waals surface area contributed by atoms with Crippen molar-refractivity contribution in [2.45, 2.75) is 32.4 Å². The minimum absolute atomic E-state index is 0.132. The minimum atomic E-state index is -0.699. The predicted molar refractivity (Wildman–Crippen MR) is 69.8 cm³/mol. The van der Waals surface area contributed by atoms with Gasteiger partial charge in [0.2, 0.25) is 5.91 Å². The van der Waals surface area contributed by atoms with E-state index in [2.05, 4.69) is 5.32 Å². The second-order valence-corrected chi connectivity index (χ2v) is 4.06. The lowest BCUT2D eigenvalue weighted by Crippen LogP contribution is -2.32. The van der Waals surface area contributed by atoms with Crippen LogP contribution in [0.2, 0.25) is 0 Å². The van der Waals surface area contributed by atoms with Crippen molar-refractivity contribution in [3.8, 4) is 0 Å². The van der Waals surface area contributed by atoms with Gasteiger partial charge in [-0.3, -0.25) is 4.79 Å². The number of rotatable bonds is 6. The number of nitrogens with one attached hydrogen (secondary N) is 1. The van der Waals surface area contributed by atoms with Crippen molar-refractivity contribution < 1.29 is 14.3 Å². The van der Waals surface area contributed by atoms with Gasteiger partial charge in [0, 0.05) is 18.5 Å². The average molecular weight is 249 g/mol. The van der Waals surface area contributed by atoms with Crippen molar-refractivity contribution in [2.75, 3.05) is 0 Å². The average Bonchev–Trinajstić information content (AvgIpc) is 2.82. The lowest BCUT2D eigenvalue weighted by Gasteiger charge is -2.15. The van der Waals surface area contributed by atoms with Crippen molar-refractivity contribution in [3.63, 3.8) is 0 Å². The number of hydrogen-bond donors (Lipinski definition) is 2. The fourth-order valence-corrected chi connectivity index (χ4v) is 1.54. The maximum absolute atomic E-state index is 11.5. The number of furan rings is 1. The summed E-state index contributed by atoms with van der Waals surface area (Å²) in [7, 11) is 0. The summed E-state index contributed by atoms with van der Waals surface area (Å²) in [5.74, 6) is 0.341. The van der Waals surface area contributed by atoms with Crippen LogP contribution in [-0.2, 0) is 4.79 Å². The molecular formula is C14H19NO3. The molecule has 4 nitrogen and oxygen atoms in total. The quantitative estimate of drug-likeness (QED) is 0.601. The molecule has 0 radical (unpaired) electrons. The molecule has 1 rings (SSSR count). The van der Waals surface area contributed by atoms with Gasteiger partial charge >= 0.3 is 0 Å². The highest BCUT2D eigenvalue weighted by atomic mass is 16.4. The van der Waals surface area contributed by atoms with Gasteiger partial charge in [0.1, 0.15) is 11.9 Å². The van der Waals surface area contributed by atoms with Crippen LogP contribution >= 0.6 is 0 Å². The molecule has 0 saturated heterocycles. The van der Waals surface area contributed by atoms with Gasteiger partial charge < -0.3 is 14.8 Å². The normalized spacial score (nSPS) is 15.1. The fraction of sp³-hybridized carbons (Fsp3) is 0.357. The van der Waals surface area contributed by atoms with Crippen molar-refractivity contribution in [1.29, 1.82) is 0 Å². The lowest BCUT2D eigenvalue weighted by molar-refractivity contribution is -0.117. The molecule has 0 aromatic carbocycles. The number of carbonyl (C=O) groups excluding carboxylic acids is 1. The Balaban J connectivity index is 2.37. The second kappa shape index (κ2) is 7.50. The van der Waals surface area contributed by atoms with Crippen LogP contribution < -0.4 is 5.32 Å². The third-order valence-corrected chi connectivity index (χ3v) is 2.39. The van der Waals surface area contributed by atoms with Crippen LogP contribution in [0, 0.1) is 0 Å². The Morgan fingerprint density at radius 2 is 2.33 bits per heavy atom. The van der Waals surface area contributed by atoms with E-state index in [1.165, 1.54) is 12.3 Å². The van der Waals surface area contributed by atoms with Crippen LogP contribution in [0.4, 0.5) is 0 Å². The molecule has 0 fully saturated rings. The Morgan fingerprint density at radius 3 is 2.94 bits per heavy atom. The van der Waals surface area contributed by atoms with Crippen LogP contribution in [0.3, 0.4) is 0 Å². The van der Waals surface area contributed by atoms with E-state index in [1.807, 2.05) is 19.9 Å². The van der Waals surface area contributed by atoms with E-state index >= 15 is 0 Å². The first-order valence-corrected chi connectivity index (χ1v) is 5.94. The first kappa shape index (κ1) is 14.3. The van der Waals surface area contributed by atoms with Crippen LogP contribution in [0.25, 0.3) is 0 Å². The fourth-order valence-electron chi connectivity index (χ4n) is 1.54. The van der Waals surface area contributed by atoms with Gasteiger partial charge in [-0.1, -0.05) is 18.2 Å². The highest BCUT2D eigenvalue weighted by Gasteiger charge is 2.15. The number of hydrogen-bond acceptors (Lipinski definition) is 3. The predicted octanol–water partition coefficient (Wildman–Crippen LogP) is 2.34. The third kappa shape index (κ3) is 5.01. The minimum Gasteiger partial charge on any atom is -0.467 e. The molecule has 1 amide bonds. The summed E-state index contributed by atoms with van der Waals surface area (Å²) < 4.78 is 5.09. The zero-order valence-corrected chi connectivity index (χ0v) is 10.7. The summed E-state index contributed by atoms with van der Waals surface area (Å²) in [5, 5.41) is 12.6. The zero-order valence-electron chi connectivity index (χ0n) is 10.7. The van der Waals surface area contributed by atoms with Crippen molar-refractivity contribution in [2.24, 2.45) is 0 Å². The second-order valence-electron chi connectivity index (χ2n) is 4.06. The molecule has 0 aliphatic heterocycles. The van der Waals surface area contributed by atoms with E-state index < -0.39 is 6.10 Å². The van der Waals surface area contributed by atoms with Crippen molar-refractivity contribution in [1.82, 2.24) is 5.32 Å². The maximum atomic E-state index is 11.5. The highest BCUT2D eigenvalue weighted by molar-refractivity contribution is 5.87. The van der Waals surface area contributed by atoms with E-state index in [0.29, 0.717) is 12.2 Å². The summed E-state index contributed by atoms with van der Waals surface area (Å²) in [6, 6.07) is 3.31. The number of carbonyl (C=O) groups is 1. The Morgan fingerprint density at radius 1 is 1.56 bits per heavy atom. The molecule has 1 aromatic heterocycles. The third-order valence-electron chi connectivity index (χ3n) is 2.39. The Hall–Kier alpha value is -1.81. The van der Waals surface area contributed by atoms with Gasteiger partial charge in [-0.2, -0.15) is 0 Å². The van der Waals surface area contributed by atoms with E-state index in [0.717, 1.165) is 0 Å². The Kier molecular flexibility index (Phi) is 5.94. The molecule has 0 aliphatic carbocycles. The summed E-state index contributed by atoms with van der Waals surface area (Å²) >= 11 is 0. The van der Waals surface area contributed by atoms with Gasteiger partial charge in [0.05, 0.1) is 6.26 Å². The summed E-state index contributed by atoms with van der Waals surface area (Å²) in [5.41, 5.74) is 0. The molecular weight excluding hydrogens is 230 g/mol. The molecule has 0 aliphatic rings.